The van der Waals surface area contributed by atoms with E-state index < -0.39 is 17.8 Å². The summed E-state index contributed by atoms with van der Waals surface area (Å²) in [5.74, 6) is -3.09. The summed E-state index contributed by atoms with van der Waals surface area (Å²) in [6.07, 6.45) is 1.35. The molecule has 2 aromatic rings. The van der Waals surface area contributed by atoms with Crippen molar-refractivity contribution in [1.29, 1.82) is 0 Å². The summed E-state index contributed by atoms with van der Waals surface area (Å²) in [5, 5.41) is 20.3. The van der Waals surface area contributed by atoms with Crippen LogP contribution in [0.4, 0.5) is 5.69 Å². The normalized spacial score (nSPS) is 10.1. The average molecular weight is 289 g/mol. The molecule has 21 heavy (non-hydrogen) atoms. The van der Waals surface area contributed by atoms with Crippen LogP contribution in [0.15, 0.2) is 34.9 Å². The Hall–Kier alpha value is -3.09. The summed E-state index contributed by atoms with van der Waals surface area (Å²) < 4.78 is 5.01. The van der Waals surface area contributed by atoms with Gasteiger partial charge in [0, 0.05) is 11.3 Å². The van der Waals surface area contributed by atoms with E-state index in [1.807, 2.05) is 0 Å². The number of aryl methyl sites for hydroxylation is 1. The van der Waals surface area contributed by atoms with Gasteiger partial charge in [0.15, 0.2) is 5.76 Å². The van der Waals surface area contributed by atoms with Crippen molar-refractivity contribution < 1.29 is 29.0 Å². The first-order chi connectivity index (χ1) is 9.88. The molecular formula is C14H11NO6. The second kappa shape index (κ2) is 5.49. The maximum atomic E-state index is 12.0. The first-order valence-corrected chi connectivity index (χ1v) is 5.85. The van der Waals surface area contributed by atoms with Crippen LogP contribution in [0.25, 0.3) is 0 Å². The van der Waals surface area contributed by atoms with Crippen molar-refractivity contribution in [2.45, 2.75) is 6.92 Å². The molecule has 1 heterocycles. The zero-order chi connectivity index (χ0) is 15.6. The van der Waals surface area contributed by atoms with E-state index in [9.17, 15) is 14.4 Å². The summed E-state index contributed by atoms with van der Waals surface area (Å²) in [6.45, 7) is 1.68. The van der Waals surface area contributed by atoms with Crippen LogP contribution in [0.3, 0.4) is 0 Å². The molecule has 3 N–H and O–H groups in total. The maximum Gasteiger partial charge on any atom is 0.335 e. The molecule has 108 valence electrons. The van der Waals surface area contributed by atoms with Gasteiger partial charge >= 0.3 is 11.9 Å². The minimum atomic E-state index is -1.29. The molecule has 0 aliphatic rings. The summed E-state index contributed by atoms with van der Waals surface area (Å²) in [6, 6.07) is 4.96. The fraction of sp³-hybridized carbons (Fsp3) is 0.0714. The molecule has 2 rings (SSSR count). The number of amides is 1. The fourth-order valence-electron chi connectivity index (χ4n) is 1.74. The second-order valence-electron chi connectivity index (χ2n) is 4.30. The highest BCUT2D eigenvalue weighted by Gasteiger charge is 2.16. The second-order valence-corrected chi connectivity index (χ2v) is 4.30. The predicted octanol–water partition coefficient (Wildman–Crippen LogP) is 2.24. The number of anilines is 1. The lowest BCUT2D eigenvalue weighted by molar-refractivity contribution is 0.0696. The summed E-state index contributed by atoms with van der Waals surface area (Å²) >= 11 is 0. The molecule has 0 bridgehead atoms. The average Bonchev–Trinajstić information content (AvgIpc) is 2.84. The number of hydrogen-bond acceptors (Lipinski definition) is 4. The van der Waals surface area contributed by atoms with Gasteiger partial charge in [0.05, 0.1) is 17.4 Å². The van der Waals surface area contributed by atoms with Crippen LogP contribution in [0.5, 0.6) is 0 Å². The highest BCUT2D eigenvalue weighted by Crippen LogP contribution is 2.18. The Bertz CT molecular complexity index is 699. The van der Waals surface area contributed by atoms with Crippen LogP contribution in [-0.2, 0) is 0 Å². The van der Waals surface area contributed by atoms with Crippen LogP contribution in [0.2, 0.25) is 0 Å². The van der Waals surface area contributed by atoms with Crippen molar-refractivity contribution in [3.05, 3.63) is 53.0 Å². The number of aromatic carboxylic acids is 2. The standard InChI is InChI=1S/C14H11NO6/c1-7-2-3-21-11(7)12(16)15-10-5-8(13(17)18)4-9(6-10)14(19)20/h2-6H,1H3,(H,15,16)(H,17,18)(H,19,20). The molecule has 0 saturated heterocycles. The first-order valence-electron chi connectivity index (χ1n) is 5.85. The third-order valence-corrected chi connectivity index (χ3v) is 2.75. The number of carboxylic acids is 2. The van der Waals surface area contributed by atoms with Crippen LogP contribution in [0.1, 0.15) is 36.8 Å². The number of nitrogens with one attached hydrogen (secondary N) is 1. The molecular weight excluding hydrogens is 278 g/mol. The molecule has 0 fully saturated rings. The van der Waals surface area contributed by atoms with Gasteiger partial charge in [0.25, 0.3) is 5.91 Å². The Balaban J connectivity index is 2.35. The van der Waals surface area contributed by atoms with E-state index >= 15 is 0 Å². The predicted molar refractivity (Wildman–Crippen MR) is 71.8 cm³/mol. The van der Waals surface area contributed by atoms with Crippen molar-refractivity contribution in [3.63, 3.8) is 0 Å². The van der Waals surface area contributed by atoms with Crippen LogP contribution in [-0.4, -0.2) is 28.1 Å². The Labute approximate surface area is 118 Å². The van der Waals surface area contributed by atoms with Gasteiger partial charge in [0.2, 0.25) is 0 Å². The molecule has 0 saturated carbocycles. The molecule has 1 aromatic heterocycles. The highest BCUT2D eigenvalue weighted by molar-refractivity contribution is 6.05. The van der Waals surface area contributed by atoms with Crippen molar-refractivity contribution in [1.82, 2.24) is 0 Å². The van der Waals surface area contributed by atoms with Crippen LogP contribution < -0.4 is 5.32 Å². The Morgan fingerprint density at radius 1 is 1.05 bits per heavy atom. The lowest BCUT2D eigenvalue weighted by atomic mass is 10.1. The van der Waals surface area contributed by atoms with Crippen molar-refractivity contribution >= 4 is 23.5 Å². The fourth-order valence-corrected chi connectivity index (χ4v) is 1.74. The Morgan fingerprint density at radius 2 is 1.62 bits per heavy atom. The number of carbonyl (C=O) groups excluding carboxylic acids is 1. The monoisotopic (exact) mass is 289 g/mol. The molecule has 1 aromatic carbocycles. The SMILES string of the molecule is Cc1ccoc1C(=O)Nc1cc(C(=O)O)cc(C(=O)O)c1. The zero-order valence-corrected chi connectivity index (χ0v) is 10.9. The summed E-state index contributed by atoms with van der Waals surface area (Å²) in [7, 11) is 0. The quantitative estimate of drug-likeness (QED) is 0.794. The lowest BCUT2D eigenvalue weighted by Crippen LogP contribution is -2.13. The van der Waals surface area contributed by atoms with E-state index in [1.165, 1.54) is 18.4 Å². The molecule has 0 spiro atoms. The molecule has 0 aliphatic carbocycles. The van der Waals surface area contributed by atoms with E-state index in [1.54, 1.807) is 13.0 Å². The molecule has 1 amide bonds. The third kappa shape index (κ3) is 3.08. The van der Waals surface area contributed by atoms with E-state index in [0.717, 1.165) is 6.07 Å². The van der Waals surface area contributed by atoms with Gasteiger partial charge in [0.1, 0.15) is 0 Å². The van der Waals surface area contributed by atoms with Gasteiger partial charge < -0.3 is 19.9 Å². The molecule has 0 atom stereocenters. The van der Waals surface area contributed by atoms with Crippen LogP contribution in [0, 0.1) is 6.92 Å². The van der Waals surface area contributed by atoms with Gasteiger partial charge in [-0.3, -0.25) is 4.79 Å². The smallest absolute Gasteiger partial charge is 0.335 e. The molecule has 0 aliphatic heterocycles. The van der Waals surface area contributed by atoms with Crippen molar-refractivity contribution in [2.24, 2.45) is 0 Å². The van der Waals surface area contributed by atoms with E-state index in [2.05, 4.69) is 5.32 Å². The van der Waals surface area contributed by atoms with Gasteiger partial charge in [-0.15, -0.1) is 0 Å². The largest absolute Gasteiger partial charge is 0.478 e. The van der Waals surface area contributed by atoms with Crippen LogP contribution >= 0.6 is 0 Å². The topological polar surface area (TPSA) is 117 Å². The van der Waals surface area contributed by atoms with E-state index in [0.29, 0.717) is 5.56 Å². The van der Waals surface area contributed by atoms with Gasteiger partial charge in [-0.25, -0.2) is 9.59 Å². The van der Waals surface area contributed by atoms with Crippen molar-refractivity contribution in [2.75, 3.05) is 5.32 Å². The third-order valence-electron chi connectivity index (χ3n) is 2.75. The van der Waals surface area contributed by atoms with Gasteiger partial charge in [-0.05, 0) is 31.2 Å². The minimum absolute atomic E-state index is 0.0631. The maximum absolute atomic E-state index is 12.0. The molecule has 0 radical (unpaired) electrons. The number of benzene rings is 1. The number of carboxylic acid groups (broad SMARTS) is 2. The number of rotatable bonds is 4. The lowest BCUT2D eigenvalue weighted by Gasteiger charge is -2.07. The van der Waals surface area contributed by atoms with E-state index in [4.69, 9.17) is 14.6 Å². The highest BCUT2D eigenvalue weighted by atomic mass is 16.4. The summed E-state index contributed by atoms with van der Waals surface area (Å²) in [5.41, 5.74) is 0.205. The van der Waals surface area contributed by atoms with Crippen molar-refractivity contribution in [3.8, 4) is 0 Å². The summed E-state index contributed by atoms with van der Waals surface area (Å²) in [4.78, 5) is 33.9. The first kappa shape index (κ1) is 14.3. The van der Waals surface area contributed by atoms with Gasteiger partial charge in [-0.1, -0.05) is 0 Å². The zero-order valence-electron chi connectivity index (χ0n) is 10.9. The number of furan rings is 1. The minimum Gasteiger partial charge on any atom is -0.478 e. The number of hydrogen-bond donors (Lipinski definition) is 3. The van der Waals surface area contributed by atoms with Gasteiger partial charge in [-0.2, -0.15) is 0 Å². The molecule has 7 heteroatoms. The molecule has 7 nitrogen and oxygen atoms in total. The Morgan fingerprint density at radius 3 is 2.05 bits per heavy atom. The molecule has 0 unspecified atom stereocenters. The number of carbonyl (C=O) groups is 3. The van der Waals surface area contributed by atoms with E-state index in [-0.39, 0.29) is 22.6 Å². The Kier molecular flexibility index (Phi) is 3.75.